The minimum Gasteiger partial charge on any atom is -0.308 e. The van der Waals surface area contributed by atoms with Crippen molar-refractivity contribution in [2.24, 2.45) is 4.99 Å². The van der Waals surface area contributed by atoms with Gasteiger partial charge in [-0.15, -0.1) is 11.3 Å². The fourth-order valence-corrected chi connectivity index (χ4v) is 5.26. The first-order chi connectivity index (χ1) is 18.4. The van der Waals surface area contributed by atoms with Gasteiger partial charge in [0.05, 0.1) is 22.8 Å². The summed E-state index contributed by atoms with van der Waals surface area (Å²) >= 11 is 1.35. The predicted molar refractivity (Wildman–Crippen MR) is 151 cm³/mol. The molecule has 1 atom stereocenters. The van der Waals surface area contributed by atoms with E-state index in [1.54, 1.807) is 12.1 Å². The van der Waals surface area contributed by atoms with Crippen molar-refractivity contribution in [1.82, 2.24) is 5.32 Å². The number of benzene rings is 3. The van der Waals surface area contributed by atoms with Crippen molar-refractivity contribution in [3.63, 3.8) is 0 Å². The van der Waals surface area contributed by atoms with Crippen molar-refractivity contribution >= 4 is 46.1 Å². The second-order valence-electron chi connectivity index (χ2n) is 9.01. The third kappa shape index (κ3) is 5.26. The summed E-state index contributed by atoms with van der Waals surface area (Å²) < 4.78 is 0. The summed E-state index contributed by atoms with van der Waals surface area (Å²) in [6.45, 7) is 3.63. The van der Waals surface area contributed by atoms with Gasteiger partial charge < -0.3 is 15.5 Å². The van der Waals surface area contributed by atoms with Crippen molar-refractivity contribution in [3.8, 4) is 0 Å². The van der Waals surface area contributed by atoms with E-state index in [1.807, 2.05) is 92.0 Å². The number of benzodiazepines with no additional fused rings is 1. The van der Waals surface area contributed by atoms with Crippen LogP contribution in [0.2, 0.25) is 0 Å². The van der Waals surface area contributed by atoms with Crippen molar-refractivity contribution in [2.75, 3.05) is 16.8 Å². The summed E-state index contributed by atoms with van der Waals surface area (Å²) in [5.41, 5.74) is 5.06. The summed E-state index contributed by atoms with van der Waals surface area (Å²) in [4.78, 5) is 47.0. The van der Waals surface area contributed by atoms with E-state index in [9.17, 15) is 14.4 Å². The summed E-state index contributed by atoms with van der Waals surface area (Å²) in [5.74, 6) is -0.669. The van der Waals surface area contributed by atoms with E-state index in [-0.39, 0.29) is 12.3 Å². The van der Waals surface area contributed by atoms with Gasteiger partial charge in [-0.25, -0.2) is 9.79 Å². The van der Waals surface area contributed by atoms with Gasteiger partial charge in [0.25, 0.3) is 5.91 Å². The molecule has 2 N–H and O–H groups in total. The molecule has 38 heavy (non-hydrogen) atoms. The van der Waals surface area contributed by atoms with E-state index in [0.717, 1.165) is 16.7 Å². The van der Waals surface area contributed by atoms with Gasteiger partial charge in [0.2, 0.25) is 6.17 Å². The number of urea groups is 1. The van der Waals surface area contributed by atoms with Crippen LogP contribution in [0.4, 0.5) is 16.2 Å². The lowest BCUT2D eigenvalue weighted by Gasteiger charge is -2.25. The topological polar surface area (TPSA) is 90.9 Å². The summed E-state index contributed by atoms with van der Waals surface area (Å²) in [6.07, 6.45) is -1.25. The molecule has 1 aromatic heterocycles. The summed E-state index contributed by atoms with van der Waals surface area (Å²) in [5, 5.41) is 7.36. The Morgan fingerprint density at radius 1 is 0.947 bits per heavy atom. The summed E-state index contributed by atoms with van der Waals surface area (Å²) in [7, 11) is 0. The second-order valence-corrected chi connectivity index (χ2v) is 9.93. The standard InChI is InChI=1S/C30H26N4O3S/c1-19-9-8-12-22(17-19)31-30(37)33-28-29(36)34(18-25(35)27-20(2)15-16-38-27)24-14-7-6-13-23(24)26(32-28)21-10-4-3-5-11-21/h3-17,28H,18H2,1-2H3,(H2,31,33,37)/t28-/m1/s1. The number of aliphatic imine (C=N–C) groups is 1. The number of para-hydroxylation sites is 1. The Hall–Kier alpha value is -4.56. The Bertz CT molecular complexity index is 1540. The first-order valence-electron chi connectivity index (χ1n) is 12.2. The Balaban J connectivity index is 1.54. The Labute approximate surface area is 224 Å². The molecule has 0 saturated carbocycles. The molecule has 0 radical (unpaired) electrons. The Morgan fingerprint density at radius 2 is 1.71 bits per heavy atom. The van der Waals surface area contributed by atoms with Crippen LogP contribution in [0.25, 0.3) is 0 Å². The number of amides is 3. The molecule has 0 unspecified atom stereocenters. The molecule has 0 fully saturated rings. The molecule has 0 spiro atoms. The molecule has 3 aromatic carbocycles. The molecule has 0 bridgehead atoms. The molecule has 0 aliphatic carbocycles. The molecule has 2 heterocycles. The fourth-order valence-electron chi connectivity index (χ4n) is 4.40. The van der Waals surface area contributed by atoms with Crippen molar-refractivity contribution < 1.29 is 14.4 Å². The molecule has 0 saturated heterocycles. The highest BCUT2D eigenvalue weighted by atomic mass is 32.1. The number of anilines is 2. The lowest BCUT2D eigenvalue weighted by atomic mass is 10.00. The predicted octanol–water partition coefficient (Wildman–Crippen LogP) is 5.58. The molecule has 5 rings (SSSR count). The highest BCUT2D eigenvalue weighted by Gasteiger charge is 2.34. The number of carbonyl (C=O) groups is 3. The lowest BCUT2D eigenvalue weighted by Crippen LogP contribution is -2.49. The van der Waals surface area contributed by atoms with Gasteiger partial charge in [-0.1, -0.05) is 60.7 Å². The number of rotatable bonds is 6. The number of hydrogen-bond acceptors (Lipinski definition) is 5. The van der Waals surface area contributed by atoms with E-state index < -0.39 is 18.1 Å². The smallest absolute Gasteiger partial charge is 0.308 e. The van der Waals surface area contributed by atoms with Crippen molar-refractivity contribution in [2.45, 2.75) is 20.0 Å². The number of aryl methyl sites for hydroxylation is 2. The number of nitrogens with zero attached hydrogens (tertiary/aromatic N) is 2. The number of thiophene rings is 1. The Kier molecular flexibility index (Phi) is 7.15. The molecule has 1 aliphatic rings. The van der Waals surface area contributed by atoms with Gasteiger partial charge in [0.15, 0.2) is 5.78 Å². The van der Waals surface area contributed by atoms with Crippen LogP contribution in [0.1, 0.15) is 31.9 Å². The Morgan fingerprint density at radius 3 is 2.45 bits per heavy atom. The number of ketones is 1. The maximum Gasteiger partial charge on any atom is 0.321 e. The van der Waals surface area contributed by atoms with E-state index in [4.69, 9.17) is 4.99 Å². The van der Waals surface area contributed by atoms with Gasteiger partial charge >= 0.3 is 6.03 Å². The summed E-state index contributed by atoms with van der Waals surface area (Å²) in [6, 6.07) is 25.5. The van der Waals surface area contributed by atoms with E-state index in [0.29, 0.717) is 27.5 Å². The van der Waals surface area contributed by atoms with Crippen molar-refractivity contribution in [1.29, 1.82) is 0 Å². The molecule has 190 valence electrons. The third-order valence-corrected chi connectivity index (χ3v) is 7.27. The van der Waals surface area contributed by atoms with Gasteiger partial charge in [-0.2, -0.15) is 0 Å². The second kappa shape index (κ2) is 10.8. The molecular weight excluding hydrogens is 496 g/mol. The number of nitrogens with one attached hydrogen (secondary N) is 2. The van der Waals surface area contributed by atoms with Gasteiger partial charge in [0.1, 0.15) is 0 Å². The van der Waals surface area contributed by atoms with Crippen LogP contribution in [0.3, 0.4) is 0 Å². The maximum atomic E-state index is 13.9. The average Bonchev–Trinajstić information content (AvgIpc) is 3.31. The number of hydrogen-bond donors (Lipinski definition) is 2. The zero-order chi connectivity index (χ0) is 26.6. The van der Waals surface area contributed by atoms with Gasteiger partial charge in [-0.3, -0.25) is 9.59 Å². The van der Waals surface area contributed by atoms with E-state index in [1.165, 1.54) is 16.2 Å². The molecular formula is C30H26N4O3S. The lowest BCUT2D eigenvalue weighted by molar-refractivity contribution is -0.120. The van der Waals surface area contributed by atoms with E-state index in [2.05, 4.69) is 10.6 Å². The minimum absolute atomic E-state index is 0.174. The van der Waals surface area contributed by atoms with Gasteiger partial charge in [-0.05, 0) is 54.6 Å². The average molecular weight is 523 g/mol. The largest absolute Gasteiger partial charge is 0.321 e. The molecule has 4 aromatic rings. The molecule has 8 heteroatoms. The van der Waals surface area contributed by atoms with Crippen LogP contribution in [-0.2, 0) is 4.79 Å². The first-order valence-corrected chi connectivity index (χ1v) is 13.0. The zero-order valence-corrected chi connectivity index (χ0v) is 21.8. The van der Waals surface area contributed by atoms with Crippen LogP contribution in [0, 0.1) is 13.8 Å². The molecule has 7 nitrogen and oxygen atoms in total. The van der Waals surface area contributed by atoms with Gasteiger partial charge in [0, 0.05) is 16.8 Å². The highest BCUT2D eigenvalue weighted by molar-refractivity contribution is 7.12. The van der Waals surface area contributed by atoms with Crippen molar-refractivity contribution in [3.05, 3.63) is 117 Å². The zero-order valence-electron chi connectivity index (χ0n) is 21.0. The highest BCUT2D eigenvalue weighted by Crippen LogP contribution is 2.29. The van der Waals surface area contributed by atoms with Crippen LogP contribution >= 0.6 is 11.3 Å². The van der Waals surface area contributed by atoms with Crippen LogP contribution in [-0.4, -0.2) is 36.1 Å². The normalized spacial score (nSPS) is 14.8. The van der Waals surface area contributed by atoms with E-state index >= 15 is 0 Å². The van der Waals surface area contributed by atoms with Crippen LogP contribution in [0.5, 0.6) is 0 Å². The SMILES string of the molecule is Cc1cccc(NC(=O)N[C@H]2N=C(c3ccccc3)c3ccccc3N(CC(=O)c3sccc3C)C2=O)c1. The minimum atomic E-state index is -1.25. The number of Topliss-reactive ketones (excluding diaryl/α,β-unsaturated/α-hetero) is 1. The quantitative estimate of drug-likeness (QED) is 0.324. The third-order valence-electron chi connectivity index (χ3n) is 6.22. The fraction of sp³-hybridized carbons (Fsp3) is 0.133. The first kappa shape index (κ1) is 25.1. The van der Waals surface area contributed by atoms with Crippen LogP contribution < -0.4 is 15.5 Å². The number of carbonyl (C=O) groups excluding carboxylic acids is 3. The molecule has 3 amide bonds. The molecule has 1 aliphatic heterocycles. The maximum absolute atomic E-state index is 13.9. The number of fused-ring (bicyclic) bond motifs is 1. The van der Waals surface area contributed by atoms with Crippen LogP contribution in [0.15, 0.2) is 95.3 Å². The monoisotopic (exact) mass is 522 g/mol.